The molecular formula is C17H18N2. The van der Waals surface area contributed by atoms with Crippen LogP contribution in [0.1, 0.15) is 28.1 Å². The maximum absolute atomic E-state index is 9.35. The van der Waals surface area contributed by atoms with Gasteiger partial charge in [0, 0.05) is 18.4 Å². The summed E-state index contributed by atoms with van der Waals surface area (Å²) in [5.41, 5.74) is 6.36. The summed E-state index contributed by atoms with van der Waals surface area (Å²) in [5, 5.41) is 9.35. The van der Waals surface area contributed by atoms with Crippen molar-refractivity contribution < 1.29 is 0 Å². The van der Waals surface area contributed by atoms with Gasteiger partial charge in [0.15, 0.2) is 0 Å². The van der Waals surface area contributed by atoms with E-state index in [4.69, 9.17) is 0 Å². The molecule has 0 bridgehead atoms. The summed E-state index contributed by atoms with van der Waals surface area (Å²) < 4.78 is 2.13. The number of aryl methyl sites for hydroxylation is 2. The van der Waals surface area contributed by atoms with Crippen LogP contribution in [0.25, 0.3) is 11.6 Å². The molecule has 0 fully saturated rings. The monoisotopic (exact) mass is 250 g/mol. The Morgan fingerprint density at radius 1 is 1.16 bits per heavy atom. The first-order chi connectivity index (χ1) is 9.02. The number of benzene rings is 1. The standard InChI is InChI=1S/C17H18N2/c1-12-5-7-15(8-6-12)17(11-18)10-16-9-13(2)19(4)14(16)3/h5-10H,1-4H3/b17-10+. The molecule has 0 saturated heterocycles. The molecule has 2 nitrogen and oxygen atoms in total. The molecule has 2 rings (SSSR count). The summed E-state index contributed by atoms with van der Waals surface area (Å²) in [6.07, 6.45) is 1.97. The fraction of sp³-hybridized carbons (Fsp3) is 0.235. The SMILES string of the molecule is Cc1ccc(/C(C#N)=C/c2cc(C)n(C)c2C)cc1. The smallest absolute Gasteiger partial charge is 0.0998 e. The lowest BCUT2D eigenvalue weighted by Crippen LogP contribution is -1.92. The van der Waals surface area contributed by atoms with Crippen LogP contribution in [0.3, 0.4) is 0 Å². The average molecular weight is 250 g/mol. The molecule has 0 radical (unpaired) electrons. The van der Waals surface area contributed by atoms with Crippen LogP contribution in [0.4, 0.5) is 0 Å². The highest BCUT2D eigenvalue weighted by atomic mass is 14.9. The van der Waals surface area contributed by atoms with Gasteiger partial charge in [-0.2, -0.15) is 5.26 Å². The Balaban J connectivity index is 2.47. The molecule has 0 amide bonds. The van der Waals surface area contributed by atoms with Crippen LogP contribution in [0.15, 0.2) is 30.3 Å². The van der Waals surface area contributed by atoms with E-state index < -0.39 is 0 Å². The zero-order valence-electron chi connectivity index (χ0n) is 11.9. The van der Waals surface area contributed by atoms with Gasteiger partial charge in [0.1, 0.15) is 0 Å². The van der Waals surface area contributed by atoms with E-state index in [0.29, 0.717) is 5.57 Å². The molecule has 96 valence electrons. The van der Waals surface area contributed by atoms with E-state index in [2.05, 4.69) is 30.6 Å². The first-order valence-corrected chi connectivity index (χ1v) is 6.34. The Morgan fingerprint density at radius 3 is 2.26 bits per heavy atom. The number of hydrogen-bond acceptors (Lipinski definition) is 1. The molecule has 2 aromatic rings. The van der Waals surface area contributed by atoms with Crippen molar-refractivity contribution in [2.24, 2.45) is 7.05 Å². The maximum Gasteiger partial charge on any atom is 0.0998 e. The summed E-state index contributed by atoms with van der Waals surface area (Å²) in [7, 11) is 2.04. The third-order valence-electron chi connectivity index (χ3n) is 3.60. The van der Waals surface area contributed by atoms with Crippen molar-refractivity contribution in [1.82, 2.24) is 4.57 Å². The first-order valence-electron chi connectivity index (χ1n) is 6.34. The highest BCUT2D eigenvalue weighted by Crippen LogP contribution is 2.22. The van der Waals surface area contributed by atoms with Crippen LogP contribution >= 0.6 is 0 Å². The van der Waals surface area contributed by atoms with Crippen LogP contribution in [-0.2, 0) is 7.05 Å². The van der Waals surface area contributed by atoms with Crippen LogP contribution in [-0.4, -0.2) is 4.57 Å². The van der Waals surface area contributed by atoms with Gasteiger partial charge in [-0.05, 0) is 44.0 Å². The molecule has 0 saturated carbocycles. The lowest BCUT2D eigenvalue weighted by molar-refractivity contribution is 0.843. The molecule has 0 N–H and O–H groups in total. The number of nitrogens with zero attached hydrogens (tertiary/aromatic N) is 2. The Morgan fingerprint density at radius 2 is 1.79 bits per heavy atom. The van der Waals surface area contributed by atoms with Gasteiger partial charge in [-0.25, -0.2) is 0 Å². The van der Waals surface area contributed by atoms with Gasteiger partial charge in [0.05, 0.1) is 11.6 Å². The zero-order valence-corrected chi connectivity index (χ0v) is 11.9. The van der Waals surface area contributed by atoms with Crippen LogP contribution in [0.2, 0.25) is 0 Å². The molecule has 1 aromatic carbocycles. The Labute approximate surface area is 114 Å². The number of rotatable bonds is 2. The second kappa shape index (κ2) is 5.16. The van der Waals surface area contributed by atoms with Crippen molar-refractivity contribution in [2.45, 2.75) is 20.8 Å². The van der Waals surface area contributed by atoms with Crippen molar-refractivity contribution >= 4 is 11.6 Å². The highest BCUT2D eigenvalue weighted by Gasteiger charge is 2.06. The molecular weight excluding hydrogens is 232 g/mol. The molecule has 1 aromatic heterocycles. The van der Waals surface area contributed by atoms with Gasteiger partial charge >= 0.3 is 0 Å². The Bertz CT molecular complexity index is 665. The van der Waals surface area contributed by atoms with Crippen LogP contribution < -0.4 is 0 Å². The molecule has 2 heteroatoms. The van der Waals surface area contributed by atoms with Gasteiger partial charge in [0.25, 0.3) is 0 Å². The fourth-order valence-corrected chi connectivity index (χ4v) is 2.10. The van der Waals surface area contributed by atoms with Crippen molar-refractivity contribution in [1.29, 1.82) is 5.26 Å². The van der Waals surface area contributed by atoms with E-state index in [1.165, 1.54) is 17.0 Å². The van der Waals surface area contributed by atoms with E-state index in [1.807, 2.05) is 44.3 Å². The Kier molecular flexibility index (Phi) is 3.57. The van der Waals surface area contributed by atoms with E-state index in [9.17, 15) is 5.26 Å². The predicted octanol–water partition coefficient (Wildman–Crippen LogP) is 4.01. The number of aromatic nitrogens is 1. The maximum atomic E-state index is 9.35. The lowest BCUT2D eigenvalue weighted by Gasteiger charge is -2.02. The van der Waals surface area contributed by atoms with Crippen molar-refractivity contribution in [3.8, 4) is 6.07 Å². The molecule has 19 heavy (non-hydrogen) atoms. The highest BCUT2D eigenvalue weighted by molar-refractivity contribution is 5.90. The summed E-state index contributed by atoms with van der Waals surface area (Å²) in [6, 6.07) is 12.5. The van der Waals surface area contributed by atoms with Crippen molar-refractivity contribution in [2.75, 3.05) is 0 Å². The van der Waals surface area contributed by atoms with Gasteiger partial charge in [-0.15, -0.1) is 0 Å². The Hall–Kier alpha value is -2.27. The summed E-state index contributed by atoms with van der Waals surface area (Å²) in [5.74, 6) is 0. The third kappa shape index (κ3) is 2.61. The van der Waals surface area contributed by atoms with E-state index >= 15 is 0 Å². The van der Waals surface area contributed by atoms with E-state index in [0.717, 1.165) is 11.1 Å². The van der Waals surface area contributed by atoms with Gasteiger partial charge in [0.2, 0.25) is 0 Å². The van der Waals surface area contributed by atoms with Gasteiger partial charge in [-0.3, -0.25) is 0 Å². The normalized spacial score (nSPS) is 11.4. The minimum Gasteiger partial charge on any atom is -0.352 e. The molecule has 0 unspecified atom stereocenters. The largest absolute Gasteiger partial charge is 0.352 e. The van der Waals surface area contributed by atoms with E-state index in [1.54, 1.807) is 0 Å². The molecule has 0 spiro atoms. The first kappa shape index (κ1) is 13.2. The third-order valence-corrected chi connectivity index (χ3v) is 3.60. The lowest BCUT2D eigenvalue weighted by atomic mass is 10.0. The number of hydrogen-bond donors (Lipinski definition) is 0. The molecule has 0 atom stereocenters. The minimum atomic E-state index is 0.703. The fourth-order valence-electron chi connectivity index (χ4n) is 2.10. The molecule has 0 aliphatic heterocycles. The van der Waals surface area contributed by atoms with Gasteiger partial charge in [-0.1, -0.05) is 29.8 Å². The van der Waals surface area contributed by atoms with Crippen molar-refractivity contribution in [3.05, 3.63) is 58.4 Å². The van der Waals surface area contributed by atoms with Crippen LogP contribution in [0.5, 0.6) is 0 Å². The molecule has 0 aliphatic rings. The summed E-state index contributed by atoms with van der Waals surface area (Å²) in [4.78, 5) is 0. The van der Waals surface area contributed by atoms with Crippen molar-refractivity contribution in [3.63, 3.8) is 0 Å². The summed E-state index contributed by atoms with van der Waals surface area (Å²) in [6.45, 7) is 6.19. The number of nitriles is 1. The topological polar surface area (TPSA) is 28.7 Å². The quantitative estimate of drug-likeness (QED) is 0.740. The second-order valence-electron chi connectivity index (χ2n) is 4.92. The predicted molar refractivity (Wildman–Crippen MR) is 79.6 cm³/mol. The number of allylic oxidation sites excluding steroid dienone is 1. The van der Waals surface area contributed by atoms with E-state index in [-0.39, 0.29) is 0 Å². The zero-order chi connectivity index (χ0) is 14.0. The summed E-state index contributed by atoms with van der Waals surface area (Å²) >= 11 is 0. The minimum absolute atomic E-state index is 0.703. The molecule has 0 aliphatic carbocycles. The van der Waals surface area contributed by atoms with Crippen LogP contribution in [0, 0.1) is 32.1 Å². The average Bonchev–Trinajstić information content (AvgIpc) is 2.65. The second-order valence-corrected chi connectivity index (χ2v) is 4.92. The van der Waals surface area contributed by atoms with Gasteiger partial charge < -0.3 is 4.57 Å². The molecule has 1 heterocycles.